The molecule has 17 heavy (non-hydrogen) atoms. The molecule has 2 unspecified atom stereocenters. The van der Waals surface area contributed by atoms with Gasteiger partial charge in [-0.15, -0.1) is 0 Å². The third-order valence-electron chi connectivity index (χ3n) is 3.56. The van der Waals surface area contributed by atoms with E-state index >= 15 is 0 Å². The van der Waals surface area contributed by atoms with Gasteiger partial charge in [-0.05, 0) is 25.3 Å². The Morgan fingerprint density at radius 1 is 1.53 bits per heavy atom. The lowest BCUT2D eigenvalue weighted by Gasteiger charge is -2.37. The lowest BCUT2D eigenvalue weighted by atomic mass is 9.94. The largest absolute Gasteiger partial charge is 0.493 e. The van der Waals surface area contributed by atoms with Crippen LogP contribution in [0.2, 0.25) is 0 Å². The fourth-order valence-electron chi connectivity index (χ4n) is 2.26. The lowest BCUT2D eigenvalue weighted by Crippen LogP contribution is -2.47. The summed E-state index contributed by atoms with van der Waals surface area (Å²) in [5, 5.41) is 0. The number of pyridine rings is 1. The van der Waals surface area contributed by atoms with Gasteiger partial charge in [0.1, 0.15) is 0 Å². The molecule has 1 aromatic heterocycles. The highest BCUT2D eigenvalue weighted by Crippen LogP contribution is 2.30. The van der Waals surface area contributed by atoms with E-state index in [0.717, 1.165) is 36.6 Å². The van der Waals surface area contributed by atoms with Crippen molar-refractivity contribution in [1.82, 2.24) is 4.98 Å². The zero-order chi connectivity index (χ0) is 12.4. The Bertz CT molecular complexity index is 394. The number of aromatic nitrogens is 1. The summed E-state index contributed by atoms with van der Waals surface area (Å²) in [5.41, 5.74) is 8.26. The van der Waals surface area contributed by atoms with Crippen LogP contribution in [0.5, 0.6) is 5.75 Å². The Morgan fingerprint density at radius 3 is 2.94 bits per heavy atom. The van der Waals surface area contributed by atoms with Crippen LogP contribution in [0.25, 0.3) is 0 Å². The highest BCUT2D eigenvalue weighted by Gasteiger charge is 2.25. The molecule has 0 saturated carbocycles. The van der Waals surface area contributed by atoms with Crippen molar-refractivity contribution in [2.24, 2.45) is 11.7 Å². The zero-order valence-electron chi connectivity index (χ0n) is 10.8. The third-order valence-corrected chi connectivity index (χ3v) is 3.56. The molecule has 0 aliphatic carbocycles. The quantitative estimate of drug-likeness (QED) is 0.845. The first-order valence-electron chi connectivity index (χ1n) is 6.13. The summed E-state index contributed by atoms with van der Waals surface area (Å²) in [5.74, 6) is 1.43. The number of ether oxygens (including phenoxy) is 1. The number of hydrogen-bond acceptors (Lipinski definition) is 4. The van der Waals surface area contributed by atoms with Crippen LogP contribution in [0.15, 0.2) is 12.3 Å². The van der Waals surface area contributed by atoms with Gasteiger partial charge in [-0.25, -0.2) is 0 Å². The zero-order valence-corrected chi connectivity index (χ0v) is 10.8. The predicted molar refractivity (Wildman–Crippen MR) is 69.5 cm³/mol. The Kier molecular flexibility index (Phi) is 3.52. The number of anilines is 1. The van der Waals surface area contributed by atoms with Crippen LogP contribution >= 0.6 is 0 Å². The van der Waals surface area contributed by atoms with Crippen molar-refractivity contribution >= 4 is 5.69 Å². The van der Waals surface area contributed by atoms with Gasteiger partial charge in [0.05, 0.1) is 19.0 Å². The van der Waals surface area contributed by atoms with E-state index < -0.39 is 0 Å². The van der Waals surface area contributed by atoms with Gasteiger partial charge in [0.25, 0.3) is 0 Å². The molecule has 1 saturated heterocycles. The van der Waals surface area contributed by atoms with Crippen molar-refractivity contribution in [1.29, 1.82) is 0 Å². The van der Waals surface area contributed by atoms with Gasteiger partial charge in [-0.3, -0.25) is 4.98 Å². The van der Waals surface area contributed by atoms with Crippen LogP contribution in [0.4, 0.5) is 5.69 Å². The van der Waals surface area contributed by atoms with E-state index in [1.807, 2.05) is 6.92 Å². The fraction of sp³-hybridized carbons (Fsp3) is 0.615. The smallest absolute Gasteiger partial charge is 0.160 e. The molecule has 0 aromatic carbocycles. The number of methoxy groups -OCH3 is 1. The van der Waals surface area contributed by atoms with Crippen LogP contribution in [0.3, 0.4) is 0 Å². The first kappa shape index (κ1) is 12.2. The lowest BCUT2D eigenvalue weighted by molar-refractivity contribution is 0.371. The molecule has 0 spiro atoms. The molecular weight excluding hydrogens is 214 g/mol. The van der Waals surface area contributed by atoms with Gasteiger partial charge in [0.15, 0.2) is 5.75 Å². The molecule has 0 radical (unpaired) electrons. The van der Waals surface area contributed by atoms with Crippen LogP contribution in [0, 0.1) is 12.8 Å². The van der Waals surface area contributed by atoms with Gasteiger partial charge in [0.2, 0.25) is 0 Å². The Hall–Kier alpha value is -1.29. The minimum absolute atomic E-state index is 0.238. The molecule has 1 aliphatic heterocycles. The highest BCUT2D eigenvalue weighted by molar-refractivity contribution is 5.58. The van der Waals surface area contributed by atoms with Gasteiger partial charge in [0, 0.05) is 24.8 Å². The number of nitrogens with two attached hydrogens (primary N) is 1. The summed E-state index contributed by atoms with van der Waals surface area (Å²) in [6.45, 7) is 6.14. The fourth-order valence-corrected chi connectivity index (χ4v) is 2.26. The Balaban J connectivity index is 2.24. The summed E-state index contributed by atoms with van der Waals surface area (Å²) in [7, 11) is 1.68. The predicted octanol–water partition coefficient (Wildman–Crippen LogP) is 1.57. The average molecular weight is 235 g/mol. The van der Waals surface area contributed by atoms with E-state index in [0.29, 0.717) is 5.92 Å². The summed E-state index contributed by atoms with van der Waals surface area (Å²) >= 11 is 0. The van der Waals surface area contributed by atoms with E-state index in [2.05, 4.69) is 22.9 Å². The van der Waals surface area contributed by atoms with Gasteiger partial charge in [-0.2, -0.15) is 0 Å². The van der Waals surface area contributed by atoms with Gasteiger partial charge >= 0.3 is 0 Å². The van der Waals surface area contributed by atoms with E-state index in [4.69, 9.17) is 10.5 Å². The van der Waals surface area contributed by atoms with E-state index in [9.17, 15) is 0 Å². The first-order valence-corrected chi connectivity index (χ1v) is 6.13. The number of piperidine rings is 1. The summed E-state index contributed by atoms with van der Waals surface area (Å²) in [6.07, 6.45) is 2.92. The highest BCUT2D eigenvalue weighted by atomic mass is 16.5. The molecule has 2 heterocycles. The van der Waals surface area contributed by atoms with Crippen LogP contribution in [-0.4, -0.2) is 31.2 Å². The summed E-state index contributed by atoms with van der Waals surface area (Å²) in [4.78, 5) is 6.56. The van der Waals surface area contributed by atoms with Crippen molar-refractivity contribution < 1.29 is 4.74 Å². The Morgan fingerprint density at radius 2 is 2.29 bits per heavy atom. The SMILES string of the molecule is COc1cnc(C)cc1N1CCC(C)C(N)C1. The van der Waals surface area contributed by atoms with Gasteiger partial charge in [-0.1, -0.05) is 6.92 Å². The maximum atomic E-state index is 6.14. The minimum atomic E-state index is 0.238. The van der Waals surface area contributed by atoms with Crippen LogP contribution < -0.4 is 15.4 Å². The maximum absolute atomic E-state index is 6.14. The molecule has 2 rings (SSSR count). The van der Waals surface area contributed by atoms with Crippen LogP contribution in [0.1, 0.15) is 19.0 Å². The van der Waals surface area contributed by atoms with Crippen molar-refractivity contribution in [3.8, 4) is 5.75 Å². The molecule has 2 N–H and O–H groups in total. The van der Waals surface area contributed by atoms with E-state index in [1.165, 1.54) is 0 Å². The molecule has 4 nitrogen and oxygen atoms in total. The monoisotopic (exact) mass is 235 g/mol. The molecule has 0 bridgehead atoms. The minimum Gasteiger partial charge on any atom is -0.493 e. The average Bonchev–Trinajstić information content (AvgIpc) is 2.32. The molecule has 0 amide bonds. The molecule has 2 atom stereocenters. The summed E-state index contributed by atoms with van der Waals surface area (Å²) < 4.78 is 5.37. The molecule has 94 valence electrons. The third kappa shape index (κ3) is 2.52. The van der Waals surface area contributed by atoms with Crippen molar-refractivity contribution in [2.45, 2.75) is 26.3 Å². The second kappa shape index (κ2) is 4.92. The van der Waals surface area contributed by atoms with Crippen LogP contribution in [-0.2, 0) is 0 Å². The summed E-state index contributed by atoms with van der Waals surface area (Å²) in [6, 6.07) is 2.31. The van der Waals surface area contributed by atoms with Gasteiger partial charge < -0.3 is 15.4 Å². The molecular formula is C13H21N3O. The van der Waals surface area contributed by atoms with E-state index in [-0.39, 0.29) is 6.04 Å². The number of rotatable bonds is 2. The topological polar surface area (TPSA) is 51.4 Å². The van der Waals surface area contributed by atoms with Crippen molar-refractivity contribution in [3.05, 3.63) is 18.0 Å². The molecule has 1 fully saturated rings. The molecule has 4 heteroatoms. The molecule has 1 aliphatic rings. The van der Waals surface area contributed by atoms with Crippen molar-refractivity contribution in [3.63, 3.8) is 0 Å². The standard InChI is InChI=1S/C13H21N3O/c1-9-4-5-16(8-11(9)14)12-6-10(2)15-7-13(12)17-3/h6-7,9,11H,4-5,8,14H2,1-3H3. The second-order valence-corrected chi connectivity index (χ2v) is 4.87. The Labute approximate surface area is 103 Å². The first-order chi connectivity index (χ1) is 8.11. The van der Waals surface area contributed by atoms with E-state index in [1.54, 1.807) is 13.3 Å². The number of hydrogen-bond donors (Lipinski definition) is 1. The second-order valence-electron chi connectivity index (χ2n) is 4.87. The number of aryl methyl sites for hydroxylation is 1. The number of nitrogens with zero attached hydrogens (tertiary/aromatic N) is 2. The van der Waals surface area contributed by atoms with Crippen molar-refractivity contribution in [2.75, 3.05) is 25.1 Å². The maximum Gasteiger partial charge on any atom is 0.160 e. The normalized spacial score (nSPS) is 24.8. The molecule has 1 aromatic rings.